The summed E-state index contributed by atoms with van der Waals surface area (Å²) in [7, 11) is 0. The van der Waals surface area contributed by atoms with Crippen molar-refractivity contribution in [3.05, 3.63) is 44.4 Å². The van der Waals surface area contributed by atoms with Crippen LogP contribution in [0.4, 0.5) is 5.69 Å². The Labute approximate surface area is 92.7 Å². The summed E-state index contributed by atoms with van der Waals surface area (Å²) in [6, 6.07) is 3.57. The van der Waals surface area contributed by atoms with Crippen LogP contribution in [0, 0.1) is 10.1 Å². The number of hydrogen-bond acceptors (Lipinski definition) is 5. The first-order chi connectivity index (χ1) is 7.99. The number of aromatic nitrogens is 2. The van der Waals surface area contributed by atoms with Crippen LogP contribution in [0.2, 0.25) is 0 Å². The fourth-order valence-electron chi connectivity index (χ4n) is 1.33. The molecule has 0 bridgehead atoms. The number of nitrogens with zero attached hydrogens (tertiary/aromatic N) is 2. The number of non-ortho nitro benzene ring substituents is 1. The van der Waals surface area contributed by atoms with Gasteiger partial charge >= 0.3 is 5.97 Å². The second kappa shape index (κ2) is 3.67. The second-order valence-electron chi connectivity index (χ2n) is 3.18. The Morgan fingerprint density at radius 1 is 1.47 bits per heavy atom. The predicted molar refractivity (Wildman–Crippen MR) is 56.0 cm³/mol. The smallest absolute Gasteiger partial charge is 0.360 e. The van der Waals surface area contributed by atoms with Gasteiger partial charge in [0, 0.05) is 12.1 Å². The van der Waals surface area contributed by atoms with Crippen molar-refractivity contribution in [2.24, 2.45) is 0 Å². The molecule has 0 aliphatic carbocycles. The molecule has 8 nitrogen and oxygen atoms in total. The Morgan fingerprint density at radius 2 is 2.18 bits per heavy atom. The maximum atomic E-state index is 11.3. The van der Waals surface area contributed by atoms with Crippen LogP contribution in [0.15, 0.2) is 23.0 Å². The van der Waals surface area contributed by atoms with Crippen LogP contribution in [0.1, 0.15) is 10.5 Å². The third-order valence-corrected chi connectivity index (χ3v) is 2.09. The Morgan fingerprint density at radius 3 is 2.76 bits per heavy atom. The Bertz CT molecular complexity index is 691. The van der Waals surface area contributed by atoms with E-state index < -0.39 is 22.1 Å². The van der Waals surface area contributed by atoms with Crippen LogP contribution in [0.25, 0.3) is 11.0 Å². The average molecular weight is 235 g/mol. The van der Waals surface area contributed by atoms with Crippen LogP contribution in [0.5, 0.6) is 0 Å². The van der Waals surface area contributed by atoms with Crippen molar-refractivity contribution in [1.29, 1.82) is 0 Å². The summed E-state index contributed by atoms with van der Waals surface area (Å²) in [4.78, 5) is 37.7. The summed E-state index contributed by atoms with van der Waals surface area (Å²) < 4.78 is 0. The number of aromatic carboxylic acids is 1. The summed E-state index contributed by atoms with van der Waals surface area (Å²) in [6.45, 7) is 0. The highest BCUT2D eigenvalue weighted by molar-refractivity contribution is 5.88. The minimum atomic E-state index is -1.45. The number of nitrogens with one attached hydrogen (secondary N) is 1. The highest BCUT2D eigenvalue weighted by Gasteiger charge is 2.14. The van der Waals surface area contributed by atoms with Gasteiger partial charge in [-0.1, -0.05) is 0 Å². The fraction of sp³-hybridized carbons (Fsp3) is 0. The van der Waals surface area contributed by atoms with Gasteiger partial charge in [0.25, 0.3) is 11.2 Å². The van der Waals surface area contributed by atoms with Crippen molar-refractivity contribution in [2.45, 2.75) is 0 Å². The van der Waals surface area contributed by atoms with E-state index in [0.29, 0.717) is 0 Å². The van der Waals surface area contributed by atoms with Crippen LogP contribution < -0.4 is 5.56 Å². The molecule has 1 heterocycles. The number of rotatable bonds is 2. The van der Waals surface area contributed by atoms with Crippen molar-refractivity contribution < 1.29 is 14.8 Å². The molecule has 0 amide bonds. The number of H-pyrrole nitrogens is 1. The number of nitro groups is 1. The fourth-order valence-corrected chi connectivity index (χ4v) is 1.33. The molecule has 0 atom stereocenters. The zero-order chi connectivity index (χ0) is 12.6. The third-order valence-electron chi connectivity index (χ3n) is 2.09. The summed E-state index contributed by atoms with van der Waals surface area (Å²) in [5.74, 6) is -1.45. The minimum absolute atomic E-state index is 0.120. The molecule has 0 aliphatic heterocycles. The normalized spacial score (nSPS) is 10.4. The average Bonchev–Trinajstić information content (AvgIpc) is 2.26. The van der Waals surface area contributed by atoms with E-state index in [1.165, 1.54) is 12.1 Å². The molecule has 0 radical (unpaired) electrons. The van der Waals surface area contributed by atoms with Crippen molar-refractivity contribution in [3.8, 4) is 0 Å². The standard InChI is InChI=1S/C9H5N3O5/c13-8-7(9(14)15)10-5-2-1-4(12(16)17)3-6(5)11-8/h1-3H,(H,11,13)(H,14,15). The molecular formula is C9H5N3O5. The third kappa shape index (κ3) is 1.83. The molecule has 1 aromatic carbocycles. The topological polar surface area (TPSA) is 126 Å². The maximum absolute atomic E-state index is 11.3. The maximum Gasteiger partial charge on any atom is 0.360 e. The molecule has 8 heteroatoms. The molecule has 0 saturated carbocycles. The van der Waals surface area contributed by atoms with Crippen molar-refractivity contribution in [2.75, 3.05) is 0 Å². The summed E-state index contributed by atoms with van der Waals surface area (Å²) in [6.07, 6.45) is 0. The molecule has 2 aromatic rings. The Balaban J connectivity index is 2.75. The van der Waals surface area contributed by atoms with Crippen molar-refractivity contribution >= 4 is 22.7 Å². The van der Waals surface area contributed by atoms with Crippen LogP contribution in [-0.2, 0) is 0 Å². The van der Waals surface area contributed by atoms with E-state index >= 15 is 0 Å². The van der Waals surface area contributed by atoms with Gasteiger partial charge < -0.3 is 10.1 Å². The number of benzene rings is 1. The molecule has 2 N–H and O–H groups in total. The summed E-state index contributed by atoms with van der Waals surface area (Å²) in [5.41, 5.74) is -1.46. The molecule has 0 saturated heterocycles. The van der Waals surface area contributed by atoms with E-state index in [-0.39, 0.29) is 16.7 Å². The lowest BCUT2D eigenvalue weighted by molar-refractivity contribution is -0.384. The largest absolute Gasteiger partial charge is 0.476 e. The van der Waals surface area contributed by atoms with Gasteiger partial charge in [-0.3, -0.25) is 14.9 Å². The molecular weight excluding hydrogens is 230 g/mol. The molecule has 1 aromatic heterocycles. The number of carboxylic acids is 1. The molecule has 0 unspecified atom stereocenters. The van der Waals surface area contributed by atoms with Gasteiger partial charge in [-0.15, -0.1) is 0 Å². The van der Waals surface area contributed by atoms with E-state index in [1.54, 1.807) is 0 Å². The van der Waals surface area contributed by atoms with Gasteiger partial charge in [-0.2, -0.15) is 0 Å². The summed E-state index contributed by atoms with van der Waals surface area (Å²) >= 11 is 0. The van der Waals surface area contributed by atoms with Crippen LogP contribution in [-0.4, -0.2) is 26.0 Å². The Hall–Kier alpha value is -2.77. The van der Waals surface area contributed by atoms with Crippen LogP contribution in [0.3, 0.4) is 0 Å². The number of nitro benzene ring substituents is 1. The number of fused-ring (bicyclic) bond motifs is 1. The van der Waals surface area contributed by atoms with Crippen molar-refractivity contribution in [3.63, 3.8) is 0 Å². The van der Waals surface area contributed by atoms with E-state index in [1.807, 2.05) is 0 Å². The molecule has 0 fully saturated rings. The molecule has 17 heavy (non-hydrogen) atoms. The highest BCUT2D eigenvalue weighted by Crippen LogP contribution is 2.16. The van der Waals surface area contributed by atoms with E-state index in [9.17, 15) is 19.7 Å². The lowest BCUT2D eigenvalue weighted by Crippen LogP contribution is -2.19. The first-order valence-electron chi connectivity index (χ1n) is 4.41. The van der Waals surface area contributed by atoms with E-state index in [0.717, 1.165) is 6.07 Å². The quantitative estimate of drug-likeness (QED) is 0.577. The summed E-state index contributed by atoms with van der Waals surface area (Å²) in [5, 5.41) is 19.2. The molecule has 0 spiro atoms. The van der Waals surface area contributed by atoms with Gasteiger partial charge in [-0.25, -0.2) is 9.78 Å². The van der Waals surface area contributed by atoms with Gasteiger partial charge in [0.05, 0.1) is 16.0 Å². The van der Waals surface area contributed by atoms with E-state index in [2.05, 4.69) is 9.97 Å². The lowest BCUT2D eigenvalue weighted by Gasteiger charge is -1.98. The van der Waals surface area contributed by atoms with Gasteiger partial charge in [-0.05, 0) is 6.07 Å². The minimum Gasteiger partial charge on any atom is -0.476 e. The number of carbonyl (C=O) groups is 1. The SMILES string of the molecule is O=C(O)c1nc2ccc([N+](=O)[O-])cc2[nH]c1=O. The van der Waals surface area contributed by atoms with Gasteiger partial charge in [0.2, 0.25) is 5.69 Å². The highest BCUT2D eigenvalue weighted by atomic mass is 16.6. The van der Waals surface area contributed by atoms with Crippen molar-refractivity contribution in [1.82, 2.24) is 9.97 Å². The van der Waals surface area contributed by atoms with Crippen LogP contribution >= 0.6 is 0 Å². The number of carboxylic acid groups (broad SMARTS) is 1. The number of hydrogen-bond donors (Lipinski definition) is 2. The molecule has 86 valence electrons. The van der Waals surface area contributed by atoms with Gasteiger partial charge in [0.1, 0.15) is 0 Å². The molecule has 0 aliphatic rings. The van der Waals surface area contributed by atoms with Gasteiger partial charge in [0.15, 0.2) is 0 Å². The van der Waals surface area contributed by atoms with E-state index in [4.69, 9.17) is 5.11 Å². The first kappa shape index (κ1) is 10.7. The lowest BCUT2D eigenvalue weighted by atomic mass is 10.2. The second-order valence-corrected chi connectivity index (χ2v) is 3.18. The predicted octanol–water partition coefficient (Wildman–Crippen LogP) is 0.529. The Kier molecular flexibility index (Phi) is 2.32. The first-order valence-corrected chi connectivity index (χ1v) is 4.41. The monoisotopic (exact) mass is 235 g/mol. The number of aromatic amines is 1. The molecule has 2 rings (SSSR count). The zero-order valence-electron chi connectivity index (χ0n) is 8.21. The zero-order valence-corrected chi connectivity index (χ0v) is 8.21.